The van der Waals surface area contributed by atoms with Gasteiger partial charge in [0.05, 0.1) is 16.6 Å². The average Bonchev–Trinajstić information content (AvgIpc) is 2.67. The van der Waals surface area contributed by atoms with E-state index < -0.39 is 28.3 Å². The number of carbonyl (C=O) groups is 1. The number of hydrogen-bond acceptors (Lipinski definition) is 5. The molecule has 3 unspecified atom stereocenters. The van der Waals surface area contributed by atoms with Crippen LogP contribution in [0.25, 0.3) is 0 Å². The highest BCUT2D eigenvalue weighted by atomic mass is 32.2. The van der Waals surface area contributed by atoms with Crippen LogP contribution in [0.5, 0.6) is 0 Å². The second kappa shape index (κ2) is 9.85. The minimum atomic E-state index is -3.89. The lowest BCUT2D eigenvalue weighted by molar-refractivity contribution is -0.00993. The topological polar surface area (TPSA) is 69.7 Å². The lowest BCUT2D eigenvalue weighted by Gasteiger charge is -2.29. The first-order valence-electron chi connectivity index (χ1n) is 9.45. The molecule has 2 aromatic rings. The minimum Gasteiger partial charge on any atom is -0.458 e. The van der Waals surface area contributed by atoms with E-state index >= 15 is 0 Å². The third kappa shape index (κ3) is 6.17. The summed E-state index contributed by atoms with van der Waals surface area (Å²) in [6, 6.07) is 16.8. The zero-order valence-electron chi connectivity index (χ0n) is 16.7. The molecule has 3 atom stereocenters. The van der Waals surface area contributed by atoms with Gasteiger partial charge in [0.2, 0.25) is 0 Å². The van der Waals surface area contributed by atoms with Crippen LogP contribution in [0.1, 0.15) is 44.5 Å². The molecule has 28 heavy (non-hydrogen) atoms. The Hall–Kier alpha value is -2.18. The van der Waals surface area contributed by atoms with Gasteiger partial charge in [-0.15, -0.1) is 0 Å². The second-order valence-electron chi connectivity index (χ2n) is 7.37. The van der Waals surface area contributed by atoms with Crippen molar-refractivity contribution < 1.29 is 22.1 Å². The van der Waals surface area contributed by atoms with Crippen LogP contribution >= 0.6 is 0 Å². The van der Waals surface area contributed by atoms with E-state index in [4.69, 9.17) is 8.92 Å². The van der Waals surface area contributed by atoms with Gasteiger partial charge in [0.15, 0.2) is 0 Å². The summed E-state index contributed by atoms with van der Waals surface area (Å²) in [5, 5.41) is 0. The molecule has 0 heterocycles. The molecule has 152 valence electrons. The molecule has 0 fully saturated rings. The van der Waals surface area contributed by atoms with Crippen molar-refractivity contribution in [1.82, 2.24) is 0 Å². The average molecular weight is 405 g/mol. The maximum atomic E-state index is 12.5. The van der Waals surface area contributed by atoms with Crippen molar-refractivity contribution in [3.63, 3.8) is 0 Å². The molecule has 6 heteroatoms. The van der Waals surface area contributed by atoms with Gasteiger partial charge in [0.25, 0.3) is 10.1 Å². The summed E-state index contributed by atoms with van der Waals surface area (Å²) in [4.78, 5) is 12.6. The zero-order valence-corrected chi connectivity index (χ0v) is 17.6. The molecule has 5 nitrogen and oxygen atoms in total. The normalized spacial score (nSPS) is 15.0. The third-order valence-electron chi connectivity index (χ3n) is 4.61. The molecule has 0 aliphatic rings. The number of ether oxygens (including phenoxy) is 1. The summed E-state index contributed by atoms with van der Waals surface area (Å²) in [5.74, 6) is -0.460. The Labute approximate surface area is 167 Å². The van der Waals surface area contributed by atoms with Crippen LogP contribution < -0.4 is 0 Å². The Kier molecular flexibility index (Phi) is 7.78. The van der Waals surface area contributed by atoms with Gasteiger partial charge in [-0.1, -0.05) is 57.2 Å². The zero-order chi connectivity index (χ0) is 20.7. The number of carbonyl (C=O) groups excluding carboxylic acids is 1. The molecular weight excluding hydrogens is 376 g/mol. The quantitative estimate of drug-likeness (QED) is 0.448. The van der Waals surface area contributed by atoms with Gasteiger partial charge in [-0.3, -0.25) is 4.18 Å². The van der Waals surface area contributed by atoms with Crippen molar-refractivity contribution in [2.75, 3.05) is 0 Å². The van der Waals surface area contributed by atoms with Gasteiger partial charge in [0, 0.05) is 5.92 Å². The third-order valence-corrected chi connectivity index (χ3v) is 6.02. The molecule has 0 radical (unpaired) electrons. The molecule has 2 aromatic carbocycles. The van der Waals surface area contributed by atoms with Gasteiger partial charge in [-0.25, -0.2) is 4.79 Å². The Morgan fingerprint density at radius 2 is 1.43 bits per heavy atom. The fraction of sp³-hybridized carbons (Fsp3) is 0.409. The predicted octanol–water partition coefficient (Wildman–Crippen LogP) is 4.69. The van der Waals surface area contributed by atoms with E-state index in [1.54, 1.807) is 49.4 Å². The van der Waals surface area contributed by atoms with Gasteiger partial charge in [-0.2, -0.15) is 8.42 Å². The minimum absolute atomic E-state index is 0.107. The number of benzene rings is 2. The molecule has 0 saturated carbocycles. The largest absolute Gasteiger partial charge is 0.458 e. The number of esters is 1. The van der Waals surface area contributed by atoms with Crippen LogP contribution in [0.3, 0.4) is 0 Å². The molecular formula is C22H28O5S. The smallest absolute Gasteiger partial charge is 0.338 e. The van der Waals surface area contributed by atoms with Crippen molar-refractivity contribution >= 4 is 16.1 Å². The number of hydrogen-bond donors (Lipinski definition) is 0. The van der Waals surface area contributed by atoms with E-state index in [0.29, 0.717) is 12.0 Å². The van der Waals surface area contributed by atoms with Gasteiger partial charge < -0.3 is 4.74 Å². The monoisotopic (exact) mass is 404 g/mol. The van der Waals surface area contributed by atoms with Crippen molar-refractivity contribution in [3.05, 3.63) is 66.2 Å². The molecule has 0 aromatic heterocycles. The van der Waals surface area contributed by atoms with Crippen molar-refractivity contribution in [1.29, 1.82) is 0 Å². The van der Waals surface area contributed by atoms with Crippen LogP contribution in [0.2, 0.25) is 0 Å². The molecule has 0 N–H and O–H groups in total. The fourth-order valence-corrected chi connectivity index (χ4v) is 4.02. The van der Waals surface area contributed by atoms with Gasteiger partial charge in [0.1, 0.15) is 6.10 Å². The second-order valence-corrected chi connectivity index (χ2v) is 8.94. The van der Waals surface area contributed by atoms with E-state index in [-0.39, 0.29) is 16.7 Å². The summed E-state index contributed by atoms with van der Waals surface area (Å²) in [6.07, 6.45) is -0.509. The highest BCUT2D eigenvalue weighted by Gasteiger charge is 2.31. The summed E-state index contributed by atoms with van der Waals surface area (Å²) < 4.78 is 36.2. The van der Waals surface area contributed by atoms with E-state index in [0.717, 1.165) is 0 Å². The van der Waals surface area contributed by atoms with Crippen LogP contribution in [0.15, 0.2) is 65.6 Å². The molecule has 2 rings (SSSR count). The first-order chi connectivity index (χ1) is 13.2. The highest BCUT2D eigenvalue weighted by Crippen LogP contribution is 2.25. The molecule has 0 saturated heterocycles. The first-order valence-corrected chi connectivity index (χ1v) is 10.9. The number of rotatable bonds is 9. The molecule has 0 aliphatic carbocycles. The fourth-order valence-electron chi connectivity index (χ4n) is 2.85. The summed E-state index contributed by atoms with van der Waals surface area (Å²) in [6.45, 7) is 7.59. The van der Waals surface area contributed by atoms with E-state index in [2.05, 4.69) is 0 Å². The van der Waals surface area contributed by atoms with Crippen molar-refractivity contribution in [2.24, 2.45) is 11.8 Å². The standard InChI is InChI=1S/C22H28O5S/c1-16(2)15-21(26-22(23)19-11-7-5-8-12-19)17(3)18(4)27-28(24,25)20-13-9-6-10-14-20/h5-14,16-18,21H,15H2,1-4H3. The summed E-state index contributed by atoms with van der Waals surface area (Å²) in [5.41, 5.74) is 0.467. The predicted molar refractivity (Wildman–Crippen MR) is 108 cm³/mol. The summed E-state index contributed by atoms with van der Waals surface area (Å²) in [7, 11) is -3.89. The molecule has 0 amide bonds. The Bertz CT molecular complexity index is 847. The lowest BCUT2D eigenvalue weighted by atomic mass is 9.92. The molecule has 0 bridgehead atoms. The lowest BCUT2D eigenvalue weighted by Crippen LogP contribution is -2.35. The van der Waals surface area contributed by atoms with Crippen LogP contribution in [-0.2, 0) is 19.0 Å². The van der Waals surface area contributed by atoms with Crippen LogP contribution in [0.4, 0.5) is 0 Å². The van der Waals surface area contributed by atoms with Crippen molar-refractivity contribution in [3.8, 4) is 0 Å². The molecule has 0 aliphatic heterocycles. The highest BCUT2D eigenvalue weighted by molar-refractivity contribution is 7.86. The summed E-state index contributed by atoms with van der Waals surface area (Å²) >= 11 is 0. The molecule has 0 spiro atoms. The van der Waals surface area contributed by atoms with Crippen LogP contribution in [-0.4, -0.2) is 26.6 Å². The first kappa shape index (κ1) is 22.1. The SMILES string of the molecule is CC(C)CC(OC(=O)c1ccccc1)C(C)C(C)OS(=O)(=O)c1ccccc1. The maximum absolute atomic E-state index is 12.5. The maximum Gasteiger partial charge on any atom is 0.338 e. The Morgan fingerprint density at radius 1 is 0.893 bits per heavy atom. The van der Waals surface area contributed by atoms with Gasteiger partial charge >= 0.3 is 5.97 Å². The van der Waals surface area contributed by atoms with E-state index in [9.17, 15) is 13.2 Å². The van der Waals surface area contributed by atoms with Crippen LogP contribution in [0, 0.1) is 11.8 Å². The van der Waals surface area contributed by atoms with E-state index in [1.165, 1.54) is 12.1 Å². The van der Waals surface area contributed by atoms with Gasteiger partial charge in [-0.05, 0) is 43.5 Å². The Morgan fingerprint density at radius 3 is 1.96 bits per heavy atom. The van der Waals surface area contributed by atoms with Crippen molar-refractivity contribution in [2.45, 2.75) is 51.2 Å². The van der Waals surface area contributed by atoms with E-state index in [1.807, 2.05) is 26.8 Å². The Balaban J connectivity index is 2.13.